The summed E-state index contributed by atoms with van der Waals surface area (Å²) in [6, 6.07) is 66.9. The fraction of sp³-hybridized carbons (Fsp3) is 0.304. The number of carbonyl (C=O) groups is 6. The number of hydrogen-bond donors (Lipinski definition) is 6. The number of carbonyl (C=O) groups excluding carboxylic acids is 6. The lowest BCUT2D eigenvalue weighted by molar-refractivity contribution is -0.137. The summed E-state index contributed by atoms with van der Waals surface area (Å²) in [5.74, 6) is 4.40. The van der Waals surface area contributed by atoms with Gasteiger partial charge in [0.05, 0.1) is 11.3 Å². The summed E-state index contributed by atoms with van der Waals surface area (Å²) < 4.78 is 89.5. The third-order valence-electron chi connectivity index (χ3n) is 21.4. The van der Waals surface area contributed by atoms with Crippen molar-refractivity contribution in [2.24, 2.45) is 0 Å². The molecule has 25 heteroatoms. The minimum atomic E-state index is -4.46. The van der Waals surface area contributed by atoms with Crippen LogP contribution in [0.25, 0.3) is 0 Å². The van der Waals surface area contributed by atoms with Crippen molar-refractivity contribution in [2.75, 3.05) is 31.9 Å². The number of alkyl halides is 3. The van der Waals surface area contributed by atoms with Gasteiger partial charge in [0.2, 0.25) is 35.4 Å². The van der Waals surface area contributed by atoms with Crippen molar-refractivity contribution in [1.82, 2.24) is 0 Å². The number of anilines is 6. The van der Waals surface area contributed by atoms with Gasteiger partial charge < -0.3 is 60.3 Å². The SMILES string of the molecule is CCC(=O)Nc1cc(Br)ccc1COc1ccc(C)cc1C.CCC(=O)Nc1cc(C(C)C)ccc1COc1ccc(C)cc1C.CCC(=O)Nc1cc(Cl)ccc1COc1ccc(C)cc1C.CCC(=O)Nc1cc(F)ccc1COc1ccc(C)cc1C.CCC(=O)Nc1cc(I)ccc1COc1ccc(C)cc1C.CCC(=O)Nc1ccc(C(F)(F)F)cc1COc1ccc(C)cc1C. The maximum Gasteiger partial charge on any atom is 0.416 e. The van der Waals surface area contributed by atoms with E-state index in [2.05, 4.69) is 141 Å². The Morgan fingerprint density at radius 1 is 0.314 bits per heavy atom. The van der Waals surface area contributed by atoms with Crippen LogP contribution in [0.2, 0.25) is 5.02 Å². The standard InChI is InChI=1S/C21H27NO2.C19H20F3NO2.C18H20BrNO2.C18H20ClNO2.C18H20FNO2.C18H20INO2/c1-6-21(23)22-19-12-17(14(2)3)8-9-18(19)13-24-20-10-7-15(4)11-16(20)5;1-4-18(24)23-16-7-6-15(19(20,21)22)10-14(16)11-25-17-8-5-12(2)9-13(17)3;4*1-4-18(21)20-16-10-15(19)7-6-14(16)11-22-17-8-5-12(2)9-13(17)3/h7-12,14H,6,13H2,1-5H3,(H,22,23);5-10H,4,11H2,1-3H3,(H,23,24);4*5-10H,4,11H2,1-3H3,(H,20,21). The van der Waals surface area contributed by atoms with Gasteiger partial charge in [-0.25, -0.2) is 4.39 Å². The third-order valence-corrected chi connectivity index (χ3v) is 22.8. The van der Waals surface area contributed by atoms with Crippen LogP contribution in [0.4, 0.5) is 51.7 Å². The Bertz CT molecular complexity index is 5650. The molecule has 12 aromatic rings. The largest absolute Gasteiger partial charge is 0.489 e. The van der Waals surface area contributed by atoms with E-state index in [9.17, 15) is 46.3 Å². The number of ether oxygens (including phenoxy) is 6. The molecule has 0 unspecified atom stereocenters. The topological polar surface area (TPSA) is 230 Å². The van der Waals surface area contributed by atoms with Gasteiger partial charge in [0.15, 0.2) is 0 Å². The fourth-order valence-electron chi connectivity index (χ4n) is 13.5. The summed E-state index contributed by atoms with van der Waals surface area (Å²) in [4.78, 5) is 69.9. The van der Waals surface area contributed by atoms with E-state index in [4.69, 9.17) is 40.0 Å². The van der Waals surface area contributed by atoms with Crippen LogP contribution in [-0.2, 0) is 74.6 Å². The van der Waals surface area contributed by atoms with E-state index in [-0.39, 0.29) is 66.5 Å². The molecule has 0 saturated carbocycles. The lowest BCUT2D eigenvalue weighted by atomic mass is 10.00. The van der Waals surface area contributed by atoms with Gasteiger partial charge in [0.1, 0.15) is 80.0 Å². The van der Waals surface area contributed by atoms with Gasteiger partial charge in [-0.2, -0.15) is 13.2 Å². The quantitative estimate of drug-likeness (QED) is 0.0176. The number of nitrogens with one attached hydrogen (secondary N) is 6. The predicted molar refractivity (Wildman–Crippen MR) is 558 cm³/mol. The highest BCUT2D eigenvalue weighted by Gasteiger charge is 2.31. The normalized spacial score (nSPS) is 10.6. The van der Waals surface area contributed by atoms with Gasteiger partial charge >= 0.3 is 6.18 Å². The predicted octanol–water partition coefficient (Wildman–Crippen LogP) is 29.7. The van der Waals surface area contributed by atoms with E-state index < -0.39 is 11.7 Å². The highest BCUT2D eigenvalue weighted by molar-refractivity contribution is 14.1. The molecular formula is C112H127BrClF4IN6O12. The van der Waals surface area contributed by atoms with Gasteiger partial charge in [-0.1, -0.05) is 225 Å². The summed E-state index contributed by atoms with van der Waals surface area (Å²) in [7, 11) is 0. The molecule has 0 radical (unpaired) electrons. The van der Waals surface area contributed by atoms with E-state index in [0.29, 0.717) is 92.3 Å². The maximum absolute atomic E-state index is 13.4. The molecule has 0 saturated heterocycles. The van der Waals surface area contributed by atoms with E-state index in [0.717, 1.165) is 133 Å². The number of amides is 6. The molecule has 0 aromatic heterocycles. The van der Waals surface area contributed by atoms with Gasteiger partial charge in [0.25, 0.3) is 0 Å². The minimum Gasteiger partial charge on any atom is -0.489 e. The third kappa shape index (κ3) is 37.8. The van der Waals surface area contributed by atoms with Crippen LogP contribution in [0.3, 0.4) is 0 Å². The van der Waals surface area contributed by atoms with E-state index in [1.807, 2.05) is 217 Å². The second-order valence-electron chi connectivity index (χ2n) is 33.4. The van der Waals surface area contributed by atoms with Gasteiger partial charge in [-0.15, -0.1) is 0 Å². The van der Waals surface area contributed by atoms with Crippen LogP contribution in [0.15, 0.2) is 223 Å². The number of halogens is 7. The van der Waals surface area contributed by atoms with E-state index in [1.165, 1.54) is 51.6 Å². The first-order valence-electron chi connectivity index (χ1n) is 45.5. The monoisotopic (exact) mass is 2060 g/mol. The van der Waals surface area contributed by atoms with E-state index >= 15 is 0 Å². The van der Waals surface area contributed by atoms with Crippen molar-refractivity contribution in [2.45, 2.75) is 229 Å². The van der Waals surface area contributed by atoms with Gasteiger partial charge in [-0.3, -0.25) is 28.8 Å². The number of aryl methyl sites for hydroxylation is 12. The summed E-state index contributed by atoms with van der Waals surface area (Å²) in [6.07, 6.45) is -2.09. The van der Waals surface area contributed by atoms with Crippen LogP contribution >= 0.6 is 50.1 Å². The number of hydrogen-bond acceptors (Lipinski definition) is 12. The number of benzene rings is 12. The van der Waals surface area contributed by atoms with Crippen molar-refractivity contribution < 1.29 is 74.8 Å². The van der Waals surface area contributed by atoms with Crippen LogP contribution in [0, 0.1) is 92.5 Å². The molecule has 726 valence electrons. The molecule has 137 heavy (non-hydrogen) atoms. The maximum atomic E-state index is 13.4. The Morgan fingerprint density at radius 2 is 0.584 bits per heavy atom. The summed E-state index contributed by atoms with van der Waals surface area (Å²) in [5, 5.41) is 17.6. The number of rotatable bonds is 31. The molecule has 0 atom stereocenters. The van der Waals surface area contributed by atoms with Crippen molar-refractivity contribution in [1.29, 1.82) is 0 Å². The minimum absolute atomic E-state index is 0.00846. The Hall–Kier alpha value is -12.5. The first-order valence-corrected chi connectivity index (χ1v) is 47.8. The molecular weight excluding hydrogens is 1940 g/mol. The lowest BCUT2D eigenvalue weighted by Crippen LogP contribution is -2.14. The van der Waals surface area contributed by atoms with Crippen molar-refractivity contribution >= 4 is 120 Å². The van der Waals surface area contributed by atoms with Gasteiger partial charge in [0, 0.05) is 113 Å². The Labute approximate surface area is 832 Å². The summed E-state index contributed by atoms with van der Waals surface area (Å²) >= 11 is 11.7. The molecule has 0 heterocycles. The smallest absolute Gasteiger partial charge is 0.416 e. The van der Waals surface area contributed by atoms with Crippen molar-refractivity contribution in [3.05, 3.63) is 349 Å². The molecule has 0 fully saturated rings. The zero-order valence-corrected chi connectivity index (χ0v) is 86.4. The van der Waals surface area contributed by atoms with Crippen LogP contribution < -0.4 is 60.3 Å². The average Bonchev–Trinajstić information content (AvgIpc) is 0.819. The molecule has 6 N–H and O–H groups in total. The Kier molecular flexibility index (Phi) is 45.3. The molecule has 0 bridgehead atoms. The molecule has 0 aliphatic heterocycles. The lowest BCUT2D eigenvalue weighted by Gasteiger charge is -2.16. The van der Waals surface area contributed by atoms with Crippen LogP contribution in [0.5, 0.6) is 34.5 Å². The highest BCUT2D eigenvalue weighted by atomic mass is 127. The molecule has 12 aromatic carbocycles. The van der Waals surface area contributed by atoms with Gasteiger partial charge in [-0.05, 0) is 260 Å². The van der Waals surface area contributed by atoms with E-state index in [1.54, 1.807) is 38.1 Å². The molecule has 18 nitrogen and oxygen atoms in total. The first kappa shape index (κ1) is 111. The van der Waals surface area contributed by atoms with Crippen molar-refractivity contribution in [3.63, 3.8) is 0 Å². The van der Waals surface area contributed by atoms with Crippen molar-refractivity contribution in [3.8, 4) is 34.5 Å². The van der Waals surface area contributed by atoms with Crippen LogP contribution in [0.1, 0.15) is 211 Å². The first-order chi connectivity index (χ1) is 65.1. The van der Waals surface area contributed by atoms with Crippen LogP contribution in [-0.4, -0.2) is 35.4 Å². The average molecular weight is 2070 g/mol. The molecule has 0 spiro atoms. The molecule has 6 amide bonds. The zero-order valence-electron chi connectivity index (χ0n) is 81.9. The highest BCUT2D eigenvalue weighted by Crippen LogP contribution is 2.36. The Morgan fingerprint density at radius 3 is 0.898 bits per heavy atom. The Balaban J connectivity index is 0.000000224. The second-order valence-corrected chi connectivity index (χ2v) is 36.0. The molecule has 0 aliphatic carbocycles. The summed E-state index contributed by atoms with van der Waals surface area (Å²) in [6.45, 7) is 41.1. The molecule has 0 aliphatic rings. The fourth-order valence-corrected chi connectivity index (χ4v) is 14.5. The zero-order chi connectivity index (χ0) is 101. The second kappa shape index (κ2) is 55.6. The summed E-state index contributed by atoms with van der Waals surface area (Å²) in [5.41, 5.74) is 22.6. The molecule has 12 rings (SSSR count).